The van der Waals surface area contributed by atoms with Gasteiger partial charge in [-0.15, -0.1) is 0 Å². The molecule has 12 heteroatoms. The lowest BCUT2D eigenvalue weighted by Crippen LogP contribution is -2.29. The summed E-state index contributed by atoms with van der Waals surface area (Å²) in [5.41, 5.74) is 6.89. The van der Waals surface area contributed by atoms with E-state index in [2.05, 4.69) is 20.4 Å². The lowest BCUT2D eigenvalue weighted by atomic mass is 10.1. The maximum absolute atomic E-state index is 14.5. The fraction of sp³-hybridized carbons (Fsp3) is 0.333. The zero-order valence-corrected chi connectivity index (χ0v) is 19.6. The third-order valence-corrected chi connectivity index (χ3v) is 6.23. The summed E-state index contributed by atoms with van der Waals surface area (Å²) in [5.74, 6) is 0.308. The topological polar surface area (TPSA) is 161 Å². The largest absolute Gasteiger partial charge is 0.394 e. The van der Waals surface area contributed by atoms with Crippen LogP contribution in [0.4, 0.5) is 16.0 Å². The van der Waals surface area contributed by atoms with Crippen LogP contribution in [-0.2, 0) is 6.54 Å². The molecule has 1 atom stereocenters. The van der Waals surface area contributed by atoms with Gasteiger partial charge in [0, 0.05) is 17.8 Å². The average Bonchev–Trinajstić information content (AvgIpc) is 3.59. The summed E-state index contributed by atoms with van der Waals surface area (Å²) in [4.78, 5) is 26.5. The van der Waals surface area contributed by atoms with Crippen molar-refractivity contribution in [2.45, 2.75) is 44.8 Å². The summed E-state index contributed by atoms with van der Waals surface area (Å²) in [7, 11) is 0. The third-order valence-electron chi connectivity index (χ3n) is 6.23. The number of benzene rings is 1. The molecular formula is C24H26FN9O2. The zero-order chi connectivity index (χ0) is 25.4. The number of hydrogen-bond acceptors (Lipinski definition) is 9. The van der Waals surface area contributed by atoms with Gasteiger partial charge < -0.3 is 16.2 Å². The Morgan fingerprint density at radius 3 is 2.89 bits per heavy atom. The molecule has 5 rings (SSSR count). The Hall–Kier alpha value is -4.19. The third kappa shape index (κ3) is 4.19. The lowest BCUT2D eigenvalue weighted by molar-refractivity contribution is 0.269. The number of nitrogens with two attached hydrogens (primary N) is 1. The smallest absolute Gasteiger partial charge is 0.264 e. The van der Waals surface area contributed by atoms with Crippen LogP contribution in [-0.4, -0.2) is 46.7 Å². The van der Waals surface area contributed by atoms with Crippen LogP contribution in [0.3, 0.4) is 0 Å². The highest BCUT2D eigenvalue weighted by molar-refractivity contribution is 6.16. The Morgan fingerprint density at radius 2 is 2.17 bits per heavy atom. The van der Waals surface area contributed by atoms with Crippen molar-refractivity contribution in [2.24, 2.45) is 0 Å². The van der Waals surface area contributed by atoms with E-state index in [9.17, 15) is 9.18 Å². The number of aliphatic hydroxyl groups excluding tert-OH is 1. The normalized spacial score (nSPS) is 14.2. The lowest BCUT2D eigenvalue weighted by Gasteiger charge is -2.23. The molecule has 1 aromatic carbocycles. The van der Waals surface area contributed by atoms with Crippen molar-refractivity contribution in [3.8, 4) is 0 Å². The molecule has 0 amide bonds. The van der Waals surface area contributed by atoms with E-state index in [0.717, 1.165) is 12.8 Å². The summed E-state index contributed by atoms with van der Waals surface area (Å²) < 4.78 is 17.6. The van der Waals surface area contributed by atoms with E-state index >= 15 is 0 Å². The molecule has 3 aromatic heterocycles. The van der Waals surface area contributed by atoms with Gasteiger partial charge in [-0.25, -0.2) is 19.3 Å². The maximum Gasteiger partial charge on any atom is 0.264 e. The number of nitrogens with zero attached hydrogens (tertiary/aromatic N) is 6. The second kappa shape index (κ2) is 9.46. The van der Waals surface area contributed by atoms with E-state index in [-0.39, 0.29) is 35.1 Å². The Bertz CT molecular complexity index is 1510. The van der Waals surface area contributed by atoms with Gasteiger partial charge in [0.25, 0.3) is 5.56 Å². The Balaban J connectivity index is 1.57. The van der Waals surface area contributed by atoms with Crippen LogP contribution in [0.5, 0.6) is 0 Å². The van der Waals surface area contributed by atoms with Crippen LogP contribution in [0, 0.1) is 11.2 Å². The molecule has 36 heavy (non-hydrogen) atoms. The highest BCUT2D eigenvalue weighted by atomic mass is 19.1. The summed E-state index contributed by atoms with van der Waals surface area (Å²) in [6.07, 6.45) is 6.61. The molecule has 0 bridgehead atoms. The second-order valence-corrected chi connectivity index (χ2v) is 8.69. The van der Waals surface area contributed by atoms with Crippen molar-refractivity contribution < 1.29 is 9.50 Å². The van der Waals surface area contributed by atoms with Gasteiger partial charge in [0.05, 0.1) is 42.2 Å². The van der Waals surface area contributed by atoms with Crippen molar-refractivity contribution in [1.82, 2.24) is 29.3 Å². The van der Waals surface area contributed by atoms with Crippen LogP contribution in [0.2, 0.25) is 0 Å². The molecular weight excluding hydrogens is 465 g/mol. The van der Waals surface area contributed by atoms with Crippen molar-refractivity contribution in [3.63, 3.8) is 0 Å². The van der Waals surface area contributed by atoms with Crippen molar-refractivity contribution in [3.05, 3.63) is 70.0 Å². The molecule has 0 radical (unpaired) electrons. The van der Waals surface area contributed by atoms with Crippen LogP contribution in [0.25, 0.3) is 10.9 Å². The number of rotatable bonds is 9. The Labute approximate surface area is 205 Å². The fourth-order valence-electron chi connectivity index (χ4n) is 4.28. The number of aliphatic hydroxyl groups is 1. The van der Waals surface area contributed by atoms with Crippen LogP contribution in [0.1, 0.15) is 55.2 Å². The van der Waals surface area contributed by atoms with Crippen molar-refractivity contribution in [1.29, 1.82) is 5.41 Å². The number of halogens is 1. The van der Waals surface area contributed by atoms with E-state index in [4.69, 9.17) is 21.2 Å². The quantitative estimate of drug-likeness (QED) is 0.260. The van der Waals surface area contributed by atoms with Gasteiger partial charge in [0.2, 0.25) is 0 Å². The number of anilines is 2. The molecule has 0 spiro atoms. The summed E-state index contributed by atoms with van der Waals surface area (Å²) in [6, 6.07) is 3.92. The molecule has 186 valence electrons. The molecule has 1 aliphatic rings. The van der Waals surface area contributed by atoms with Gasteiger partial charge in [-0.3, -0.25) is 19.5 Å². The number of aromatic nitrogens is 6. The van der Waals surface area contributed by atoms with E-state index in [1.165, 1.54) is 29.3 Å². The summed E-state index contributed by atoms with van der Waals surface area (Å²) >= 11 is 0. The molecule has 1 unspecified atom stereocenters. The molecule has 11 nitrogen and oxygen atoms in total. The van der Waals surface area contributed by atoms with E-state index in [1.54, 1.807) is 16.8 Å². The first-order valence-corrected chi connectivity index (χ1v) is 11.7. The highest BCUT2D eigenvalue weighted by Gasteiger charge is 2.32. The van der Waals surface area contributed by atoms with Crippen LogP contribution in [0.15, 0.2) is 41.7 Å². The fourth-order valence-corrected chi connectivity index (χ4v) is 4.28. The average molecular weight is 492 g/mol. The molecule has 3 heterocycles. The van der Waals surface area contributed by atoms with Crippen molar-refractivity contribution >= 4 is 28.3 Å². The van der Waals surface area contributed by atoms with Gasteiger partial charge in [-0.1, -0.05) is 13.0 Å². The SMILES string of the molecule is CCC(Nc1ncnc(N)c1C(=N)c1cnn(CCO)c1)c1nc2cccc(F)c2c(=O)n1C1CC1. The minimum absolute atomic E-state index is 0.0170. The van der Waals surface area contributed by atoms with Gasteiger partial charge in [-0.05, 0) is 31.4 Å². The zero-order valence-electron chi connectivity index (χ0n) is 19.6. The number of nitrogens with one attached hydrogen (secondary N) is 2. The van der Waals surface area contributed by atoms with Gasteiger partial charge in [0.15, 0.2) is 0 Å². The Kier molecular flexibility index (Phi) is 6.18. The first-order chi connectivity index (χ1) is 17.4. The van der Waals surface area contributed by atoms with E-state index in [1.807, 2.05) is 6.92 Å². The minimum Gasteiger partial charge on any atom is -0.394 e. The molecule has 0 saturated heterocycles. The monoisotopic (exact) mass is 491 g/mol. The van der Waals surface area contributed by atoms with Gasteiger partial charge >= 0.3 is 0 Å². The predicted molar refractivity (Wildman–Crippen MR) is 133 cm³/mol. The molecule has 1 aliphatic carbocycles. The van der Waals surface area contributed by atoms with Crippen LogP contribution < -0.4 is 16.6 Å². The first-order valence-electron chi connectivity index (χ1n) is 11.7. The number of fused-ring (bicyclic) bond motifs is 1. The molecule has 0 aliphatic heterocycles. The van der Waals surface area contributed by atoms with Crippen molar-refractivity contribution in [2.75, 3.05) is 17.7 Å². The minimum atomic E-state index is -0.590. The number of nitrogen functional groups attached to an aromatic ring is 1. The van der Waals surface area contributed by atoms with E-state index < -0.39 is 17.4 Å². The van der Waals surface area contributed by atoms with Gasteiger partial charge in [0.1, 0.15) is 35.0 Å². The summed E-state index contributed by atoms with van der Waals surface area (Å²) in [6.45, 7) is 2.15. The standard InChI is InChI=1S/C24H26FN9O2/c1-2-16(23-32-17-5-3-4-15(25)18(17)24(36)34(23)14-6-7-14)31-22-19(21(27)28-12-29-22)20(26)13-10-30-33(11-13)8-9-35/h3-5,10-12,14,16,26,35H,2,6-9H2,1H3,(H3,27,28,29,31). The van der Waals surface area contributed by atoms with E-state index in [0.29, 0.717) is 35.7 Å². The van der Waals surface area contributed by atoms with Gasteiger partial charge in [-0.2, -0.15) is 5.10 Å². The Morgan fingerprint density at radius 1 is 1.36 bits per heavy atom. The molecule has 4 aromatic rings. The second-order valence-electron chi connectivity index (χ2n) is 8.69. The molecule has 1 saturated carbocycles. The number of hydrogen-bond donors (Lipinski definition) is 4. The van der Waals surface area contributed by atoms with Crippen LogP contribution >= 0.6 is 0 Å². The summed E-state index contributed by atoms with van der Waals surface area (Å²) in [5, 5.41) is 25.4. The molecule has 1 fully saturated rings. The highest BCUT2D eigenvalue weighted by Crippen LogP contribution is 2.37. The maximum atomic E-state index is 14.5. The predicted octanol–water partition coefficient (Wildman–Crippen LogP) is 2.41. The first kappa shape index (κ1) is 23.5. The molecule has 5 N–H and O–H groups in total.